The van der Waals surface area contributed by atoms with E-state index in [1.807, 2.05) is 12.1 Å². The average Bonchev–Trinajstić information content (AvgIpc) is 3.03. The van der Waals surface area contributed by atoms with Gasteiger partial charge in [0.2, 0.25) is 10.0 Å². The number of hydrogen-bond donors (Lipinski definition) is 1. The second kappa shape index (κ2) is 7.25. The van der Waals surface area contributed by atoms with E-state index in [1.54, 1.807) is 37.6 Å². The van der Waals surface area contributed by atoms with E-state index >= 15 is 0 Å². The molecule has 4 nitrogen and oxygen atoms in total. The first-order valence-corrected chi connectivity index (χ1v) is 10.4. The predicted molar refractivity (Wildman–Crippen MR) is 104 cm³/mol. The Labute approximate surface area is 153 Å². The third kappa shape index (κ3) is 3.77. The van der Waals surface area contributed by atoms with Gasteiger partial charge in [-0.05, 0) is 47.0 Å². The number of nitrogens with zero attached hydrogens (tertiary/aromatic N) is 1. The van der Waals surface area contributed by atoms with E-state index < -0.39 is 10.0 Å². The highest BCUT2D eigenvalue weighted by Gasteiger charge is 2.17. The van der Waals surface area contributed by atoms with Crippen LogP contribution in [0.15, 0.2) is 58.8 Å². The molecule has 1 atom stereocenters. The van der Waals surface area contributed by atoms with Crippen molar-refractivity contribution in [2.24, 2.45) is 0 Å². The molecule has 1 unspecified atom stereocenters. The molecule has 25 heavy (non-hydrogen) atoms. The Morgan fingerprint density at radius 1 is 1.08 bits per heavy atom. The Kier molecular flexibility index (Phi) is 5.24. The van der Waals surface area contributed by atoms with Gasteiger partial charge in [-0.2, -0.15) is 0 Å². The van der Waals surface area contributed by atoms with Crippen LogP contribution >= 0.6 is 11.3 Å². The zero-order chi connectivity index (χ0) is 18.0. The molecule has 0 aliphatic rings. The van der Waals surface area contributed by atoms with Gasteiger partial charge in [-0.1, -0.05) is 30.3 Å². The van der Waals surface area contributed by atoms with Gasteiger partial charge in [0.25, 0.3) is 0 Å². The minimum Gasteiger partial charge on any atom is -0.306 e. The van der Waals surface area contributed by atoms with E-state index in [1.165, 1.54) is 20.0 Å². The fraction of sp³-hybridized carbons (Fsp3) is 0.263. The molecule has 132 valence electrons. The van der Waals surface area contributed by atoms with Crippen molar-refractivity contribution in [3.63, 3.8) is 0 Å². The van der Waals surface area contributed by atoms with E-state index in [9.17, 15) is 8.42 Å². The van der Waals surface area contributed by atoms with Gasteiger partial charge in [-0.3, -0.25) is 0 Å². The number of benzene rings is 2. The molecule has 2 aromatic carbocycles. The Balaban J connectivity index is 1.70. The van der Waals surface area contributed by atoms with Crippen LogP contribution in [0.5, 0.6) is 0 Å². The Morgan fingerprint density at radius 3 is 2.44 bits per heavy atom. The number of sulfonamides is 1. The van der Waals surface area contributed by atoms with Crippen molar-refractivity contribution in [2.45, 2.75) is 24.4 Å². The van der Waals surface area contributed by atoms with Gasteiger partial charge < -0.3 is 5.32 Å². The van der Waals surface area contributed by atoms with Crippen LogP contribution in [0.1, 0.15) is 24.1 Å². The fourth-order valence-corrected chi connectivity index (χ4v) is 4.55. The molecule has 1 N–H and O–H groups in total. The maximum atomic E-state index is 12.1. The van der Waals surface area contributed by atoms with Crippen LogP contribution in [0.3, 0.4) is 0 Å². The molecule has 0 spiro atoms. The molecule has 0 fully saturated rings. The molecular formula is C19H22N2O2S2. The molecule has 0 aliphatic carbocycles. The molecule has 0 aliphatic heterocycles. The van der Waals surface area contributed by atoms with Crippen LogP contribution in [0, 0.1) is 0 Å². The summed E-state index contributed by atoms with van der Waals surface area (Å²) in [6, 6.07) is 15.6. The SMILES string of the molecule is CC(NCc1csc2ccccc12)c1ccc(S(=O)(=O)N(C)C)cc1. The van der Waals surface area contributed by atoms with Crippen LogP contribution in [0.25, 0.3) is 10.1 Å². The molecule has 0 bridgehead atoms. The summed E-state index contributed by atoms with van der Waals surface area (Å²) >= 11 is 1.76. The summed E-state index contributed by atoms with van der Waals surface area (Å²) in [5.74, 6) is 0. The normalized spacial score (nSPS) is 13.4. The van der Waals surface area contributed by atoms with Crippen LogP contribution in [-0.4, -0.2) is 26.8 Å². The second-order valence-electron chi connectivity index (χ2n) is 6.22. The third-order valence-electron chi connectivity index (χ3n) is 4.32. The lowest BCUT2D eigenvalue weighted by Crippen LogP contribution is -2.22. The van der Waals surface area contributed by atoms with Crippen molar-refractivity contribution in [1.29, 1.82) is 0 Å². The fourth-order valence-electron chi connectivity index (χ4n) is 2.69. The first-order valence-electron chi connectivity index (χ1n) is 8.10. The maximum absolute atomic E-state index is 12.1. The zero-order valence-corrected chi connectivity index (χ0v) is 16.2. The van der Waals surface area contributed by atoms with E-state index in [2.05, 4.69) is 41.9 Å². The molecule has 0 saturated heterocycles. The number of nitrogens with one attached hydrogen (secondary N) is 1. The average molecular weight is 375 g/mol. The van der Waals surface area contributed by atoms with Gasteiger partial charge in [-0.25, -0.2) is 12.7 Å². The maximum Gasteiger partial charge on any atom is 0.242 e. The van der Waals surface area contributed by atoms with Gasteiger partial charge >= 0.3 is 0 Å². The monoisotopic (exact) mass is 374 g/mol. The van der Waals surface area contributed by atoms with Gasteiger partial charge in [-0.15, -0.1) is 11.3 Å². The molecule has 3 rings (SSSR count). The molecule has 0 amide bonds. The second-order valence-corrected chi connectivity index (χ2v) is 9.28. The minimum atomic E-state index is -3.38. The van der Waals surface area contributed by atoms with E-state index in [0.717, 1.165) is 12.1 Å². The summed E-state index contributed by atoms with van der Waals surface area (Å²) in [5.41, 5.74) is 2.36. The lowest BCUT2D eigenvalue weighted by Gasteiger charge is -2.16. The molecule has 3 aromatic rings. The number of fused-ring (bicyclic) bond motifs is 1. The summed E-state index contributed by atoms with van der Waals surface area (Å²) in [4.78, 5) is 0.317. The largest absolute Gasteiger partial charge is 0.306 e. The van der Waals surface area contributed by atoms with Crippen LogP contribution in [0.2, 0.25) is 0 Å². The number of thiophene rings is 1. The van der Waals surface area contributed by atoms with E-state index in [0.29, 0.717) is 4.90 Å². The summed E-state index contributed by atoms with van der Waals surface area (Å²) in [5, 5.41) is 7.00. The quantitative estimate of drug-likeness (QED) is 0.709. The van der Waals surface area contributed by atoms with Crippen molar-refractivity contribution >= 4 is 31.4 Å². The zero-order valence-electron chi connectivity index (χ0n) is 14.6. The summed E-state index contributed by atoms with van der Waals surface area (Å²) in [6.45, 7) is 2.87. The standard InChI is InChI=1S/C19H22N2O2S2/c1-14(15-8-10-17(11-9-15)25(22,23)21(2)3)20-12-16-13-24-19-7-5-4-6-18(16)19/h4-11,13-14,20H,12H2,1-3H3. The van der Waals surface area contributed by atoms with Crippen molar-refractivity contribution in [3.8, 4) is 0 Å². The molecule has 1 heterocycles. The highest BCUT2D eigenvalue weighted by atomic mass is 32.2. The summed E-state index contributed by atoms with van der Waals surface area (Å²) < 4.78 is 26.8. The summed E-state index contributed by atoms with van der Waals surface area (Å²) in [6.07, 6.45) is 0. The van der Waals surface area contributed by atoms with E-state index in [-0.39, 0.29) is 6.04 Å². The minimum absolute atomic E-state index is 0.134. The van der Waals surface area contributed by atoms with E-state index in [4.69, 9.17) is 0 Å². The Bertz CT molecular complexity index is 961. The number of rotatable bonds is 6. The predicted octanol–water partition coefficient (Wildman–Crippen LogP) is 4.00. The summed E-state index contributed by atoms with van der Waals surface area (Å²) in [7, 11) is -0.297. The van der Waals surface area contributed by atoms with Gasteiger partial charge in [0.1, 0.15) is 0 Å². The molecule has 6 heteroatoms. The highest BCUT2D eigenvalue weighted by molar-refractivity contribution is 7.89. The molecular weight excluding hydrogens is 352 g/mol. The van der Waals surface area contributed by atoms with Crippen LogP contribution in [0.4, 0.5) is 0 Å². The Hall–Kier alpha value is -1.73. The van der Waals surface area contributed by atoms with Crippen molar-refractivity contribution in [1.82, 2.24) is 9.62 Å². The first-order chi connectivity index (χ1) is 11.9. The molecule has 1 aromatic heterocycles. The first kappa shape index (κ1) is 18.1. The van der Waals surface area contributed by atoms with Crippen LogP contribution < -0.4 is 5.32 Å². The van der Waals surface area contributed by atoms with Crippen molar-refractivity contribution in [2.75, 3.05) is 14.1 Å². The van der Waals surface area contributed by atoms with Gasteiger partial charge in [0, 0.05) is 31.4 Å². The third-order valence-corrected chi connectivity index (χ3v) is 7.16. The van der Waals surface area contributed by atoms with Gasteiger partial charge in [0.15, 0.2) is 0 Å². The smallest absolute Gasteiger partial charge is 0.242 e. The number of hydrogen-bond acceptors (Lipinski definition) is 4. The van der Waals surface area contributed by atoms with Crippen LogP contribution in [-0.2, 0) is 16.6 Å². The Morgan fingerprint density at radius 2 is 1.76 bits per heavy atom. The van der Waals surface area contributed by atoms with Crippen molar-refractivity contribution in [3.05, 3.63) is 65.0 Å². The lowest BCUT2D eigenvalue weighted by molar-refractivity contribution is 0.520. The molecule has 0 radical (unpaired) electrons. The topological polar surface area (TPSA) is 49.4 Å². The van der Waals surface area contributed by atoms with Crippen molar-refractivity contribution < 1.29 is 8.42 Å². The van der Waals surface area contributed by atoms with Gasteiger partial charge in [0.05, 0.1) is 4.90 Å². The highest BCUT2D eigenvalue weighted by Crippen LogP contribution is 2.26. The molecule has 0 saturated carbocycles. The lowest BCUT2D eigenvalue weighted by atomic mass is 10.1.